The highest BCUT2D eigenvalue weighted by atomic mass is 31.0. The molecule has 2 aromatic rings. The SMILES string of the molecule is Cc1[nH]c2ncccc2c1P. The van der Waals surface area contributed by atoms with Gasteiger partial charge in [-0.15, -0.1) is 9.24 Å². The van der Waals surface area contributed by atoms with E-state index < -0.39 is 0 Å². The van der Waals surface area contributed by atoms with E-state index in [2.05, 4.69) is 25.3 Å². The summed E-state index contributed by atoms with van der Waals surface area (Å²) in [6, 6.07) is 4.01. The van der Waals surface area contributed by atoms with Gasteiger partial charge in [-0.2, -0.15) is 0 Å². The summed E-state index contributed by atoms with van der Waals surface area (Å²) in [7, 11) is 2.72. The van der Waals surface area contributed by atoms with Gasteiger partial charge < -0.3 is 4.98 Å². The van der Waals surface area contributed by atoms with Gasteiger partial charge in [0.1, 0.15) is 5.65 Å². The van der Waals surface area contributed by atoms with Crippen molar-refractivity contribution in [3.63, 3.8) is 0 Å². The number of nitrogens with one attached hydrogen (secondary N) is 1. The monoisotopic (exact) mass is 164 g/mol. The minimum atomic E-state index is 0.968. The fourth-order valence-electron chi connectivity index (χ4n) is 1.17. The maximum absolute atomic E-state index is 4.19. The second-order valence-electron chi connectivity index (χ2n) is 2.56. The Morgan fingerprint density at radius 2 is 2.36 bits per heavy atom. The topological polar surface area (TPSA) is 28.7 Å². The van der Waals surface area contributed by atoms with Crippen LogP contribution in [0.15, 0.2) is 18.3 Å². The van der Waals surface area contributed by atoms with Crippen molar-refractivity contribution in [3.8, 4) is 0 Å². The average Bonchev–Trinajstić information content (AvgIpc) is 2.30. The standard InChI is InChI=1S/C8H9N2P/c1-5-7(11)6-3-2-4-9-8(6)10-5/h2-4H,11H2,1H3,(H,9,10). The van der Waals surface area contributed by atoms with E-state index in [9.17, 15) is 0 Å². The third-order valence-corrected chi connectivity index (χ3v) is 2.55. The van der Waals surface area contributed by atoms with E-state index in [4.69, 9.17) is 0 Å². The van der Waals surface area contributed by atoms with Crippen LogP contribution < -0.4 is 5.30 Å². The molecule has 0 saturated carbocycles. The summed E-state index contributed by atoms with van der Waals surface area (Å²) in [5, 5.41) is 2.41. The van der Waals surface area contributed by atoms with Crippen LogP contribution in [0.5, 0.6) is 0 Å². The molecule has 0 spiro atoms. The lowest BCUT2D eigenvalue weighted by molar-refractivity contribution is 1.26. The zero-order chi connectivity index (χ0) is 7.84. The highest BCUT2D eigenvalue weighted by Crippen LogP contribution is 2.11. The van der Waals surface area contributed by atoms with Crippen LogP contribution >= 0.6 is 9.24 Å². The summed E-state index contributed by atoms with van der Waals surface area (Å²) in [5.74, 6) is 0. The number of H-pyrrole nitrogens is 1. The van der Waals surface area contributed by atoms with Gasteiger partial charge in [0.15, 0.2) is 0 Å². The maximum Gasteiger partial charge on any atom is 0.138 e. The predicted molar refractivity (Wildman–Crippen MR) is 50.2 cm³/mol. The molecule has 0 aliphatic rings. The second kappa shape index (κ2) is 2.31. The van der Waals surface area contributed by atoms with Crippen LogP contribution in [0.1, 0.15) is 5.69 Å². The molecule has 0 saturated heterocycles. The molecule has 0 radical (unpaired) electrons. The summed E-state index contributed by atoms with van der Waals surface area (Å²) in [6.07, 6.45) is 1.79. The minimum absolute atomic E-state index is 0.968. The molecule has 0 aliphatic carbocycles. The number of hydrogen-bond donors (Lipinski definition) is 1. The number of nitrogens with zero attached hydrogens (tertiary/aromatic N) is 1. The lowest BCUT2D eigenvalue weighted by atomic mass is 10.3. The molecule has 0 aromatic carbocycles. The number of hydrogen-bond acceptors (Lipinski definition) is 1. The van der Waals surface area contributed by atoms with Gasteiger partial charge in [0.2, 0.25) is 0 Å². The van der Waals surface area contributed by atoms with E-state index in [1.807, 2.05) is 13.0 Å². The average molecular weight is 164 g/mol. The molecule has 56 valence electrons. The molecular weight excluding hydrogens is 155 g/mol. The number of aryl methyl sites for hydroxylation is 1. The molecule has 1 atom stereocenters. The first-order chi connectivity index (χ1) is 5.29. The van der Waals surface area contributed by atoms with Crippen molar-refractivity contribution >= 4 is 25.6 Å². The fourth-order valence-corrected chi connectivity index (χ4v) is 1.47. The molecule has 2 aromatic heterocycles. The molecule has 0 aliphatic heterocycles. The van der Waals surface area contributed by atoms with Crippen LogP contribution in [0.4, 0.5) is 0 Å². The summed E-state index contributed by atoms with van der Waals surface area (Å²) in [6.45, 7) is 2.05. The Morgan fingerprint density at radius 3 is 3.09 bits per heavy atom. The molecule has 0 amide bonds. The van der Waals surface area contributed by atoms with Gasteiger partial charge in [-0.1, -0.05) is 0 Å². The summed E-state index contributed by atoms with van der Waals surface area (Å²) in [4.78, 5) is 7.39. The van der Waals surface area contributed by atoms with Gasteiger partial charge in [0, 0.05) is 17.3 Å². The third-order valence-electron chi connectivity index (χ3n) is 1.81. The molecule has 2 nitrogen and oxygen atoms in total. The Balaban J connectivity index is 2.92. The van der Waals surface area contributed by atoms with E-state index in [-0.39, 0.29) is 0 Å². The predicted octanol–water partition coefficient (Wildman–Crippen LogP) is 1.37. The van der Waals surface area contributed by atoms with Crippen molar-refractivity contribution in [1.29, 1.82) is 0 Å². The Bertz CT molecular complexity index is 392. The molecule has 1 N–H and O–H groups in total. The highest BCUT2D eigenvalue weighted by molar-refractivity contribution is 7.28. The van der Waals surface area contributed by atoms with Crippen LogP contribution in [0.25, 0.3) is 11.0 Å². The van der Waals surface area contributed by atoms with E-state index in [1.165, 1.54) is 16.4 Å². The summed E-state index contributed by atoms with van der Waals surface area (Å²) < 4.78 is 0. The minimum Gasteiger partial charge on any atom is -0.343 e. The first kappa shape index (κ1) is 6.81. The number of aromatic nitrogens is 2. The van der Waals surface area contributed by atoms with Gasteiger partial charge in [0.25, 0.3) is 0 Å². The first-order valence-corrected chi connectivity index (χ1v) is 4.05. The van der Waals surface area contributed by atoms with Crippen LogP contribution in [0.2, 0.25) is 0 Å². The molecular formula is C8H9N2P. The zero-order valence-electron chi connectivity index (χ0n) is 6.26. The van der Waals surface area contributed by atoms with Crippen molar-refractivity contribution in [2.45, 2.75) is 6.92 Å². The lowest BCUT2D eigenvalue weighted by Gasteiger charge is -1.87. The summed E-state index contributed by atoms with van der Waals surface area (Å²) in [5.41, 5.74) is 2.14. The first-order valence-electron chi connectivity index (χ1n) is 3.48. The molecule has 0 bridgehead atoms. The quantitative estimate of drug-likeness (QED) is 0.585. The fraction of sp³-hybridized carbons (Fsp3) is 0.125. The third kappa shape index (κ3) is 0.945. The molecule has 0 fully saturated rings. The van der Waals surface area contributed by atoms with Crippen molar-refractivity contribution in [2.75, 3.05) is 0 Å². The number of aromatic amines is 1. The van der Waals surface area contributed by atoms with Gasteiger partial charge >= 0.3 is 0 Å². The zero-order valence-corrected chi connectivity index (χ0v) is 7.41. The highest BCUT2D eigenvalue weighted by Gasteiger charge is 2.02. The Hall–Kier alpha value is -0.880. The Morgan fingerprint density at radius 1 is 1.55 bits per heavy atom. The van der Waals surface area contributed by atoms with Gasteiger partial charge in [-0.05, 0) is 24.4 Å². The van der Waals surface area contributed by atoms with Crippen LogP contribution in [0, 0.1) is 6.92 Å². The van der Waals surface area contributed by atoms with Crippen molar-refractivity contribution in [3.05, 3.63) is 24.0 Å². The smallest absolute Gasteiger partial charge is 0.138 e. The number of pyridine rings is 1. The van der Waals surface area contributed by atoms with Crippen molar-refractivity contribution in [2.24, 2.45) is 0 Å². The molecule has 11 heavy (non-hydrogen) atoms. The van der Waals surface area contributed by atoms with E-state index in [0.717, 1.165) is 5.65 Å². The van der Waals surface area contributed by atoms with Crippen LogP contribution in [-0.4, -0.2) is 9.97 Å². The number of fused-ring (bicyclic) bond motifs is 1. The largest absolute Gasteiger partial charge is 0.343 e. The lowest BCUT2D eigenvalue weighted by Crippen LogP contribution is -1.89. The molecule has 2 rings (SSSR count). The van der Waals surface area contributed by atoms with E-state index in [1.54, 1.807) is 6.20 Å². The maximum atomic E-state index is 4.19. The molecule has 2 heterocycles. The normalized spacial score (nSPS) is 10.7. The number of rotatable bonds is 0. The van der Waals surface area contributed by atoms with E-state index in [0.29, 0.717) is 0 Å². The van der Waals surface area contributed by atoms with Gasteiger partial charge in [0.05, 0.1) is 0 Å². The van der Waals surface area contributed by atoms with Crippen LogP contribution in [-0.2, 0) is 0 Å². The van der Waals surface area contributed by atoms with Crippen LogP contribution in [0.3, 0.4) is 0 Å². The van der Waals surface area contributed by atoms with Crippen molar-refractivity contribution < 1.29 is 0 Å². The molecule has 1 unspecified atom stereocenters. The van der Waals surface area contributed by atoms with Gasteiger partial charge in [-0.3, -0.25) is 0 Å². The molecule has 3 heteroatoms. The van der Waals surface area contributed by atoms with E-state index >= 15 is 0 Å². The second-order valence-corrected chi connectivity index (χ2v) is 3.14. The summed E-state index contributed by atoms with van der Waals surface area (Å²) >= 11 is 0. The Kier molecular flexibility index (Phi) is 1.43. The van der Waals surface area contributed by atoms with Crippen molar-refractivity contribution in [1.82, 2.24) is 9.97 Å². The van der Waals surface area contributed by atoms with Gasteiger partial charge in [-0.25, -0.2) is 4.98 Å². The Labute approximate surface area is 67.2 Å².